The molecule has 0 aromatic heterocycles. The number of fused-ring (bicyclic) bond motifs is 3. The molecule has 0 amide bonds. The molecule has 1 saturated carbocycles. The number of carbonyl (C=O) groups is 3. The molecule has 164 valence electrons. The molecule has 7 nitrogen and oxygen atoms in total. The molecule has 0 saturated heterocycles. The monoisotopic (exact) mass is 418 g/mol. The number of phenols is 1. The molecule has 1 aromatic carbocycles. The standard InChI is InChI=1S/C23H30O7/c1-11(2)13-9-14-17(15(25)10-13)23(5)16(26)7-8-22(4,21(28)29-6)20(23)19(18(14)27)30-12(3)24/h9-11,18-20,25,27H,7-8H2,1-6H3/t18-,19-,20+,22+,23+/m1/s1. The van der Waals surface area contributed by atoms with Gasteiger partial charge in [0, 0.05) is 24.8 Å². The third kappa shape index (κ3) is 3.02. The summed E-state index contributed by atoms with van der Waals surface area (Å²) >= 11 is 0. The fourth-order valence-electron chi connectivity index (χ4n) is 5.53. The number of aromatic hydroxyl groups is 1. The molecule has 7 heteroatoms. The van der Waals surface area contributed by atoms with Gasteiger partial charge in [0.25, 0.3) is 0 Å². The van der Waals surface area contributed by atoms with E-state index in [-0.39, 0.29) is 30.3 Å². The van der Waals surface area contributed by atoms with Gasteiger partial charge >= 0.3 is 11.9 Å². The largest absolute Gasteiger partial charge is 0.508 e. The average molecular weight is 418 g/mol. The van der Waals surface area contributed by atoms with Crippen LogP contribution >= 0.6 is 0 Å². The highest BCUT2D eigenvalue weighted by Gasteiger charge is 2.66. The van der Waals surface area contributed by atoms with E-state index in [0.717, 1.165) is 5.56 Å². The first-order chi connectivity index (χ1) is 13.9. The molecule has 0 spiro atoms. The van der Waals surface area contributed by atoms with Gasteiger partial charge in [0.2, 0.25) is 0 Å². The van der Waals surface area contributed by atoms with E-state index in [1.165, 1.54) is 14.0 Å². The molecule has 2 N–H and O–H groups in total. The predicted molar refractivity (Wildman–Crippen MR) is 108 cm³/mol. The number of esters is 2. The van der Waals surface area contributed by atoms with Crippen LogP contribution in [0.3, 0.4) is 0 Å². The van der Waals surface area contributed by atoms with Crippen LogP contribution in [0.5, 0.6) is 5.75 Å². The number of ether oxygens (including phenoxy) is 2. The highest BCUT2D eigenvalue weighted by atomic mass is 16.6. The van der Waals surface area contributed by atoms with Crippen molar-refractivity contribution in [3.05, 3.63) is 28.8 Å². The van der Waals surface area contributed by atoms with Crippen LogP contribution in [0.1, 0.15) is 76.2 Å². The molecule has 2 aliphatic rings. The number of aliphatic hydroxyl groups is 1. The molecular formula is C23H30O7. The molecule has 30 heavy (non-hydrogen) atoms. The molecule has 1 aromatic rings. The van der Waals surface area contributed by atoms with Gasteiger partial charge in [0.15, 0.2) is 0 Å². The minimum Gasteiger partial charge on any atom is -0.508 e. The lowest BCUT2D eigenvalue weighted by atomic mass is 9.47. The lowest BCUT2D eigenvalue weighted by Crippen LogP contribution is -2.63. The topological polar surface area (TPSA) is 110 Å². The van der Waals surface area contributed by atoms with Crippen LogP contribution in [0.15, 0.2) is 12.1 Å². The second-order valence-electron chi connectivity index (χ2n) is 9.19. The predicted octanol–water partition coefficient (Wildman–Crippen LogP) is 2.91. The number of methoxy groups -OCH3 is 1. The summed E-state index contributed by atoms with van der Waals surface area (Å²) in [6.07, 6.45) is -2.15. The van der Waals surface area contributed by atoms with Crippen LogP contribution < -0.4 is 0 Å². The Labute approximate surface area is 176 Å². The Bertz CT molecular complexity index is 905. The third-order valence-corrected chi connectivity index (χ3v) is 7.03. The van der Waals surface area contributed by atoms with Crippen LogP contribution in [-0.2, 0) is 29.3 Å². The Hall–Kier alpha value is -2.41. The van der Waals surface area contributed by atoms with E-state index in [0.29, 0.717) is 11.1 Å². The Morgan fingerprint density at radius 1 is 1.23 bits per heavy atom. The van der Waals surface area contributed by atoms with Gasteiger partial charge in [0.1, 0.15) is 23.7 Å². The van der Waals surface area contributed by atoms with Crippen LogP contribution in [0.4, 0.5) is 0 Å². The zero-order valence-corrected chi connectivity index (χ0v) is 18.3. The summed E-state index contributed by atoms with van der Waals surface area (Å²) in [4.78, 5) is 38.1. The zero-order chi connectivity index (χ0) is 22.6. The quantitative estimate of drug-likeness (QED) is 0.726. The van der Waals surface area contributed by atoms with E-state index in [1.54, 1.807) is 26.0 Å². The second-order valence-corrected chi connectivity index (χ2v) is 9.19. The Morgan fingerprint density at radius 3 is 2.40 bits per heavy atom. The third-order valence-electron chi connectivity index (χ3n) is 7.03. The van der Waals surface area contributed by atoms with Crippen molar-refractivity contribution < 1.29 is 34.1 Å². The Balaban J connectivity index is 2.37. The van der Waals surface area contributed by atoms with Crippen LogP contribution in [0.2, 0.25) is 0 Å². The van der Waals surface area contributed by atoms with Crippen molar-refractivity contribution in [3.8, 4) is 5.75 Å². The number of ketones is 1. The van der Waals surface area contributed by atoms with Gasteiger partial charge in [0.05, 0.1) is 17.9 Å². The molecule has 0 bridgehead atoms. The fraction of sp³-hybridized carbons (Fsp3) is 0.609. The van der Waals surface area contributed by atoms with Gasteiger partial charge in [-0.05, 0) is 43.4 Å². The SMILES string of the molecule is COC(=O)[C@@]1(C)CCC(=O)[C@@]2(C)c3c(O)cc(C(C)C)cc3[C@@H](O)[C@@H](OC(C)=O)[C@H]21. The summed E-state index contributed by atoms with van der Waals surface area (Å²) in [5, 5.41) is 22.2. The van der Waals surface area contributed by atoms with Crippen molar-refractivity contribution >= 4 is 17.7 Å². The zero-order valence-electron chi connectivity index (χ0n) is 18.3. The van der Waals surface area contributed by atoms with E-state index in [4.69, 9.17) is 9.47 Å². The molecule has 0 heterocycles. The summed E-state index contributed by atoms with van der Waals surface area (Å²) in [5.74, 6) is -2.29. The van der Waals surface area contributed by atoms with Crippen molar-refractivity contribution in [2.24, 2.45) is 11.3 Å². The van der Waals surface area contributed by atoms with E-state index >= 15 is 0 Å². The highest BCUT2D eigenvalue weighted by molar-refractivity contribution is 5.95. The number of hydrogen-bond donors (Lipinski definition) is 2. The van der Waals surface area contributed by atoms with E-state index in [9.17, 15) is 24.6 Å². The van der Waals surface area contributed by atoms with Gasteiger partial charge in [-0.15, -0.1) is 0 Å². The summed E-state index contributed by atoms with van der Waals surface area (Å²) in [6, 6.07) is 3.35. The molecular weight excluding hydrogens is 388 g/mol. The average Bonchev–Trinajstić information content (AvgIpc) is 2.67. The first kappa shape index (κ1) is 22.3. The van der Waals surface area contributed by atoms with Gasteiger partial charge < -0.3 is 19.7 Å². The second kappa shape index (κ2) is 7.38. The number of carbonyl (C=O) groups excluding carboxylic acids is 3. The number of benzene rings is 1. The van der Waals surface area contributed by atoms with Crippen molar-refractivity contribution in [2.45, 2.75) is 71.0 Å². The van der Waals surface area contributed by atoms with Crippen LogP contribution in [0.25, 0.3) is 0 Å². The van der Waals surface area contributed by atoms with Crippen LogP contribution in [-0.4, -0.2) is 41.1 Å². The molecule has 5 atom stereocenters. The van der Waals surface area contributed by atoms with Crippen molar-refractivity contribution in [2.75, 3.05) is 7.11 Å². The summed E-state index contributed by atoms with van der Waals surface area (Å²) in [5.41, 5.74) is -1.10. The van der Waals surface area contributed by atoms with Crippen molar-refractivity contribution in [1.82, 2.24) is 0 Å². The number of hydrogen-bond acceptors (Lipinski definition) is 7. The lowest BCUT2D eigenvalue weighted by Gasteiger charge is -2.56. The minimum absolute atomic E-state index is 0.0634. The maximum atomic E-state index is 13.3. The first-order valence-corrected chi connectivity index (χ1v) is 10.2. The van der Waals surface area contributed by atoms with Crippen molar-refractivity contribution in [1.29, 1.82) is 0 Å². The smallest absolute Gasteiger partial charge is 0.312 e. The molecule has 1 fully saturated rings. The summed E-state index contributed by atoms with van der Waals surface area (Å²) in [7, 11) is 1.27. The summed E-state index contributed by atoms with van der Waals surface area (Å²) < 4.78 is 10.6. The van der Waals surface area contributed by atoms with E-state index < -0.39 is 40.9 Å². The van der Waals surface area contributed by atoms with Gasteiger partial charge in [-0.25, -0.2) is 0 Å². The van der Waals surface area contributed by atoms with E-state index in [2.05, 4.69) is 0 Å². The van der Waals surface area contributed by atoms with E-state index in [1.807, 2.05) is 13.8 Å². The molecule has 2 aliphatic carbocycles. The normalized spacial score (nSPS) is 32.9. The van der Waals surface area contributed by atoms with Gasteiger partial charge in [-0.3, -0.25) is 14.4 Å². The Kier molecular flexibility index (Phi) is 5.48. The highest BCUT2D eigenvalue weighted by Crippen LogP contribution is 2.61. The number of rotatable bonds is 3. The molecule has 0 unspecified atom stereocenters. The number of aliphatic hydroxyl groups excluding tert-OH is 1. The maximum absolute atomic E-state index is 13.3. The fourth-order valence-corrected chi connectivity index (χ4v) is 5.53. The number of phenolic OH excluding ortho intramolecular Hbond substituents is 1. The molecule has 3 rings (SSSR count). The Morgan fingerprint density at radius 2 is 1.87 bits per heavy atom. The van der Waals surface area contributed by atoms with Gasteiger partial charge in [-0.1, -0.05) is 19.9 Å². The molecule has 0 aliphatic heterocycles. The van der Waals surface area contributed by atoms with Gasteiger partial charge in [-0.2, -0.15) is 0 Å². The first-order valence-electron chi connectivity index (χ1n) is 10.2. The lowest BCUT2D eigenvalue weighted by molar-refractivity contribution is -0.190. The van der Waals surface area contributed by atoms with Crippen LogP contribution in [0, 0.1) is 11.3 Å². The summed E-state index contributed by atoms with van der Waals surface area (Å²) in [6.45, 7) is 8.45. The minimum atomic E-state index is -1.34. The maximum Gasteiger partial charge on any atom is 0.312 e. The van der Waals surface area contributed by atoms with Crippen molar-refractivity contribution in [3.63, 3.8) is 0 Å². The number of Topliss-reactive ketones (excluding diaryl/α,β-unsaturated/α-hetero) is 1. The molecule has 0 radical (unpaired) electrons.